The summed E-state index contributed by atoms with van der Waals surface area (Å²) < 4.78 is 4.88. The molecule has 0 spiro atoms. The van der Waals surface area contributed by atoms with Crippen molar-refractivity contribution in [3.05, 3.63) is 23.1 Å². The first kappa shape index (κ1) is 11.8. The number of carbonyl (C=O) groups is 1. The van der Waals surface area contributed by atoms with E-state index in [1.807, 2.05) is 0 Å². The van der Waals surface area contributed by atoms with E-state index in [0.717, 1.165) is 19.3 Å². The molecule has 3 nitrogen and oxygen atoms in total. The molecule has 1 aliphatic carbocycles. The van der Waals surface area contributed by atoms with Crippen LogP contribution in [0.5, 0.6) is 0 Å². The second-order valence-electron chi connectivity index (χ2n) is 4.03. The van der Waals surface area contributed by atoms with Crippen LogP contribution < -0.4 is 5.32 Å². The molecule has 0 saturated heterocycles. The number of amides is 1. The molecule has 88 valence electrons. The van der Waals surface area contributed by atoms with E-state index in [0.29, 0.717) is 17.4 Å². The van der Waals surface area contributed by atoms with Crippen molar-refractivity contribution in [3.63, 3.8) is 0 Å². The van der Waals surface area contributed by atoms with Crippen LogP contribution in [-0.4, -0.2) is 17.8 Å². The molecule has 0 bridgehead atoms. The lowest BCUT2D eigenvalue weighted by Crippen LogP contribution is -2.37. The average molecular weight is 262 g/mol. The lowest BCUT2D eigenvalue weighted by molar-refractivity contribution is 0.0929. The molecule has 0 radical (unpaired) electrons. The summed E-state index contributed by atoms with van der Waals surface area (Å²) in [6.07, 6.45) is 4.58. The SMILES string of the molecule is O=C(NC1CCCC1CCl)c1ccoc1Cl. The first-order valence-corrected chi connectivity index (χ1v) is 6.23. The third-order valence-corrected chi connectivity index (χ3v) is 3.73. The number of hydrogen-bond acceptors (Lipinski definition) is 2. The van der Waals surface area contributed by atoms with E-state index in [2.05, 4.69) is 5.32 Å². The van der Waals surface area contributed by atoms with Gasteiger partial charge in [0.25, 0.3) is 5.91 Å². The Labute approximate surface area is 104 Å². The second kappa shape index (κ2) is 5.11. The number of alkyl halides is 1. The van der Waals surface area contributed by atoms with Crippen LogP contribution in [0.2, 0.25) is 5.22 Å². The van der Waals surface area contributed by atoms with Gasteiger partial charge in [0.1, 0.15) is 0 Å². The van der Waals surface area contributed by atoms with Crippen LogP contribution in [0.3, 0.4) is 0 Å². The molecule has 1 amide bonds. The molecule has 1 aromatic heterocycles. The molecule has 16 heavy (non-hydrogen) atoms. The normalized spacial score (nSPS) is 24.6. The Balaban J connectivity index is 2.00. The summed E-state index contributed by atoms with van der Waals surface area (Å²) in [4.78, 5) is 11.8. The molecule has 5 heteroatoms. The van der Waals surface area contributed by atoms with Crippen molar-refractivity contribution in [2.45, 2.75) is 25.3 Å². The summed E-state index contributed by atoms with van der Waals surface area (Å²) in [5, 5.41) is 3.09. The van der Waals surface area contributed by atoms with Crippen LogP contribution in [-0.2, 0) is 0 Å². The van der Waals surface area contributed by atoms with Crippen LogP contribution in [0.25, 0.3) is 0 Å². The minimum absolute atomic E-state index is 0.137. The number of carbonyl (C=O) groups excluding carboxylic acids is 1. The van der Waals surface area contributed by atoms with Gasteiger partial charge < -0.3 is 9.73 Å². The first-order chi connectivity index (χ1) is 7.72. The molecule has 2 unspecified atom stereocenters. The van der Waals surface area contributed by atoms with Gasteiger partial charge in [-0.2, -0.15) is 0 Å². The topological polar surface area (TPSA) is 42.2 Å². The third kappa shape index (κ3) is 2.36. The number of hydrogen-bond donors (Lipinski definition) is 1. The fourth-order valence-electron chi connectivity index (χ4n) is 2.11. The van der Waals surface area contributed by atoms with Gasteiger partial charge in [-0.3, -0.25) is 4.79 Å². The fraction of sp³-hybridized carbons (Fsp3) is 0.545. The first-order valence-electron chi connectivity index (χ1n) is 5.32. The largest absolute Gasteiger partial charge is 0.452 e. The average Bonchev–Trinajstić information content (AvgIpc) is 2.86. The molecular formula is C11H13Cl2NO2. The van der Waals surface area contributed by atoms with Gasteiger partial charge in [-0.25, -0.2) is 0 Å². The molecule has 1 saturated carbocycles. The Morgan fingerprint density at radius 1 is 1.56 bits per heavy atom. The second-order valence-corrected chi connectivity index (χ2v) is 4.69. The van der Waals surface area contributed by atoms with Crippen molar-refractivity contribution in [2.24, 2.45) is 5.92 Å². The van der Waals surface area contributed by atoms with Gasteiger partial charge in [-0.1, -0.05) is 6.42 Å². The zero-order valence-corrected chi connectivity index (χ0v) is 10.2. The maximum absolute atomic E-state index is 11.8. The van der Waals surface area contributed by atoms with E-state index in [-0.39, 0.29) is 17.2 Å². The quantitative estimate of drug-likeness (QED) is 0.850. The number of rotatable bonds is 3. The lowest BCUT2D eigenvalue weighted by Gasteiger charge is -2.18. The van der Waals surface area contributed by atoms with Crippen molar-refractivity contribution in [2.75, 3.05) is 5.88 Å². The van der Waals surface area contributed by atoms with E-state index in [9.17, 15) is 4.79 Å². The molecule has 1 aliphatic rings. The molecular weight excluding hydrogens is 249 g/mol. The smallest absolute Gasteiger partial charge is 0.256 e. The maximum Gasteiger partial charge on any atom is 0.256 e. The van der Waals surface area contributed by atoms with E-state index >= 15 is 0 Å². The minimum atomic E-state index is -0.180. The van der Waals surface area contributed by atoms with Gasteiger partial charge >= 0.3 is 0 Å². The van der Waals surface area contributed by atoms with Crippen LogP contribution >= 0.6 is 23.2 Å². The van der Waals surface area contributed by atoms with Gasteiger partial charge in [0.15, 0.2) is 0 Å². The molecule has 1 aromatic rings. The zero-order chi connectivity index (χ0) is 11.5. The number of nitrogens with one attached hydrogen (secondary N) is 1. The molecule has 2 atom stereocenters. The predicted octanol–water partition coefficient (Wildman–Crippen LogP) is 3.07. The van der Waals surface area contributed by atoms with E-state index in [1.165, 1.54) is 6.26 Å². The van der Waals surface area contributed by atoms with Crippen molar-refractivity contribution in [1.29, 1.82) is 0 Å². The minimum Gasteiger partial charge on any atom is -0.452 e. The highest BCUT2D eigenvalue weighted by Gasteiger charge is 2.28. The van der Waals surface area contributed by atoms with Crippen LogP contribution in [0.1, 0.15) is 29.6 Å². The van der Waals surface area contributed by atoms with Gasteiger partial charge in [-0.15, -0.1) is 11.6 Å². The van der Waals surface area contributed by atoms with Crippen LogP contribution in [0.4, 0.5) is 0 Å². The Morgan fingerprint density at radius 2 is 2.38 bits per heavy atom. The summed E-state index contributed by atoms with van der Waals surface area (Å²) in [7, 11) is 0. The standard InChI is InChI=1S/C11H13Cl2NO2/c12-6-7-2-1-3-9(7)14-11(15)8-4-5-16-10(8)13/h4-5,7,9H,1-3,6H2,(H,14,15). The summed E-state index contributed by atoms with van der Waals surface area (Å²) in [6.45, 7) is 0. The van der Waals surface area contributed by atoms with Crippen LogP contribution in [0, 0.1) is 5.92 Å². The van der Waals surface area contributed by atoms with Crippen molar-refractivity contribution in [1.82, 2.24) is 5.32 Å². The Kier molecular flexibility index (Phi) is 3.77. The Morgan fingerprint density at radius 3 is 3.00 bits per heavy atom. The predicted molar refractivity (Wildman–Crippen MR) is 63.0 cm³/mol. The Bertz CT molecular complexity index is 378. The third-order valence-electron chi connectivity index (χ3n) is 3.04. The highest BCUT2D eigenvalue weighted by molar-refractivity contribution is 6.32. The zero-order valence-electron chi connectivity index (χ0n) is 8.71. The highest BCUT2D eigenvalue weighted by Crippen LogP contribution is 2.27. The lowest BCUT2D eigenvalue weighted by atomic mass is 10.1. The summed E-state index contributed by atoms with van der Waals surface area (Å²) in [5.74, 6) is 0.779. The molecule has 1 heterocycles. The monoisotopic (exact) mass is 261 g/mol. The van der Waals surface area contributed by atoms with E-state index < -0.39 is 0 Å². The van der Waals surface area contributed by atoms with E-state index in [4.69, 9.17) is 27.6 Å². The van der Waals surface area contributed by atoms with Gasteiger partial charge in [0, 0.05) is 11.9 Å². The van der Waals surface area contributed by atoms with Gasteiger partial charge in [0.05, 0.1) is 11.8 Å². The molecule has 0 aromatic carbocycles. The fourth-order valence-corrected chi connectivity index (χ4v) is 2.68. The van der Waals surface area contributed by atoms with Crippen molar-refractivity contribution >= 4 is 29.1 Å². The van der Waals surface area contributed by atoms with Gasteiger partial charge in [0.2, 0.25) is 5.22 Å². The maximum atomic E-state index is 11.8. The van der Waals surface area contributed by atoms with Crippen LogP contribution in [0.15, 0.2) is 16.7 Å². The molecule has 1 N–H and O–H groups in total. The number of halogens is 2. The number of furan rings is 1. The molecule has 1 fully saturated rings. The summed E-state index contributed by atoms with van der Waals surface area (Å²) >= 11 is 11.6. The Hall–Kier alpha value is -0.670. The van der Waals surface area contributed by atoms with Crippen molar-refractivity contribution < 1.29 is 9.21 Å². The molecule has 0 aliphatic heterocycles. The van der Waals surface area contributed by atoms with E-state index in [1.54, 1.807) is 6.07 Å². The molecule has 2 rings (SSSR count). The van der Waals surface area contributed by atoms with Gasteiger partial charge in [-0.05, 0) is 36.4 Å². The summed E-state index contributed by atoms with van der Waals surface area (Å²) in [5.41, 5.74) is 0.391. The van der Waals surface area contributed by atoms with Crippen molar-refractivity contribution in [3.8, 4) is 0 Å². The summed E-state index contributed by atoms with van der Waals surface area (Å²) in [6, 6.07) is 1.73. The highest BCUT2D eigenvalue weighted by atomic mass is 35.5.